The topological polar surface area (TPSA) is 37.3 Å². The van der Waals surface area contributed by atoms with Crippen molar-refractivity contribution >= 4 is 34.0 Å². The van der Waals surface area contributed by atoms with E-state index in [-0.39, 0.29) is 17.3 Å². The number of aromatic nitrogens is 1. The summed E-state index contributed by atoms with van der Waals surface area (Å²) in [5.74, 6) is 0. The minimum atomic E-state index is 0. The van der Waals surface area contributed by atoms with Crippen LogP contribution in [0.2, 0.25) is 0 Å². The molecule has 1 aliphatic heterocycles. The van der Waals surface area contributed by atoms with E-state index < -0.39 is 0 Å². The van der Waals surface area contributed by atoms with Crippen LogP contribution in [0.1, 0.15) is 19.4 Å². The lowest BCUT2D eigenvalue weighted by atomic mass is 10.1. The van der Waals surface area contributed by atoms with E-state index >= 15 is 0 Å². The molecule has 0 amide bonds. The fourth-order valence-corrected chi connectivity index (χ4v) is 3.80. The molecule has 0 saturated carbocycles. The molecule has 2 atom stereocenters. The predicted octanol–water partition coefficient (Wildman–Crippen LogP) is 2.20. The van der Waals surface area contributed by atoms with Crippen molar-refractivity contribution in [1.82, 2.24) is 14.8 Å². The quantitative estimate of drug-likeness (QED) is 0.919. The SMILES string of the molecule is CC1NCCN(Cc2ccc3c(c2)sc(=O)n3C)C1C.Cl. The molecule has 1 fully saturated rings. The van der Waals surface area contributed by atoms with E-state index in [0.29, 0.717) is 12.1 Å². The Bertz CT molecular complexity index is 681. The van der Waals surface area contributed by atoms with Crippen LogP contribution < -0.4 is 10.2 Å². The van der Waals surface area contributed by atoms with Gasteiger partial charge in [0.15, 0.2) is 0 Å². The molecule has 2 aromatic rings. The van der Waals surface area contributed by atoms with Crippen LogP contribution in [0.5, 0.6) is 0 Å². The molecule has 6 heteroatoms. The van der Waals surface area contributed by atoms with Gasteiger partial charge in [-0.2, -0.15) is 0 Å². The van der Waals surface area contributed by atoms with Crippen LogP contribution in [-0.4, -0.2) is 34.6 Å². The zero-order chi connectivity index (χ0) is 14.3. The summed E-state index contributed by atoms with van der Waals surface area (Å²) in [6, 6.07) is 7.45. The zero-order valence-corrected chi connectivity index (χ0v) is 14.3. The number of rotatable bonds is 2. The van der Waals surface area contributed by atoms with Gasteiger partial charge < -0.3 is 9.88 Å². The average Bonchev–Trinajstić information content (AvgIpc) is 2.70. The number of nitrogens with zero attached hydrogens (tertiary/aromatic N) is 2. The van der Waals surface area contributed by atoms with Crippen molar-refractivity contribution in [1.29, 1.82) is 0 Å². The summed E-state index contributed by atoms with van der Waals surface area (Å²) < 4.78 is 2.81. The molecule has 0 bridgehead atoms. The second-order valence-electron chi connectivity index (χ2n) is 5.68. The summed E-state index contributed by atoms with van der Waals surface area (Å²) in [7, 11) is 1.83. The monoisotopic (exact) mass is 327 g/mol. The molecular formula is C15H22ClN3OS. The molecule has 1 N–H and O–H groups in total. The molecule has 0 spiro atoms. The van der Waals surface area contributed by atoms with Gasteiger partial charge >= 0.3 is 4.87 Å². The Morgan fingerprint density at radius 3 is 2.90 bits per heavy atom. The number of hydrogen-bond donors (Lipinski definition) is 1. The Balaban J connectivity index is 0.00000161. The summed E-state index contributed by atoms with van der Waals surface area (Å²) in [6.07, 6.45) is 0. The van der Waals surface area contributed by atoms with Gasteiger partial charge in [0.1, 0.15) is 0 Å². The number of piperazine rings is 1. The number of hydrogen-bond acceptors (Lipinski definition) is 4. The van der Waals surface area contributed by atoms with E-state index in [1.165, 1.54) is 16.9 Å². The first-order chi connectivity index (χ1) is 9.56. The lowest BCUT2D eigenvalue weighted by Gasteiger charge is -2.38. The van der Waals surface area contributed by atoms with Crippen LogP contribution in [0.4, 0.5) is 0 Å². The molecule has 1 aromatic carbocycles. The highest BCUT2D eigenvalue weighted by Crippen LogP contribution is 2.20. The van der Waals surface area contributed by atoms with Gasteiger partial charge in [-0.3, -0.25) is 9.69 Å². The second-order valence-corrected chi connectivity index (χ2v) is 6.68. The van der Waals surface area contributed by atoms with Crippen molar-refractivity contribution in [3.63, 3.8) is 0 Å². The van der Waals surface area contributed by atoms with Gasteiger partial charge in [0.2, 0.25) is 0 Å². The first kappa shape index (κ1) is 16.5. The van der Waals surface area contributed by atoms with E-state index in [9.17, 15) is 4.79 Å². The van der Waals surface area contributed by atoms with Gasteiger partial charge in [-0.1, -0.05) is 17.4 Å². The van der Waals surface area contributed by atoms with Crippen LogP contribution in [0.25, 0.3) is 10.2 Å². The summed E-state index contributed by atoms with van der Waals surface area (Å²) in [5, 5.41) is 3.50. The third kappa shape index (κ3) is 3.16. The molecule has 4 nitrogen and oxygen atoms in total. The van der Waals surface area contributed by atoms with Crippen molar-refractivity contribution < 1.29 is 0 Å². The summed E-state index contributed by atoms with van der Waals surface area (Å²) >= 11 is 1.33. The molecule has 1 aromatic heterocycles. The number of nitrogens with one attached hydrogen (secondary N) is 1. The average molecular weight is 328 g/mol. The van der Waals surface area contributed by atoms with Crippen LogP contribution >= 0.6 is 23.7 Å². The van der Waals surface area contributed by atoms with E-state index in [1.807, 2.05) is 7.05 Å². The molecule has 2 heterocycles. The molecule has 21 heavy (non-hydrogen) atoms. The lowest BCUT2D eigenvalue weighted by molar-refractivity contribution is 0.131. The van der Waals surface area contributed by atoms with Gasteiger partial charge in [0.25, 0.3) is 0 Å². The number of fused-ring (bicyclic) bond motifs is 1. The van der Waals surface area contributed by atoms with Gasteiger partial charge in [-0.15, -0.1) is 12.4 Å². The Kier molecular flexibility index (Phi) is 5.09. The minimum absolute atomic E-state index is 0. The van der Waals surface area contributed by atoms with E-state index in [0.717, 1.165) is 29.9 Å². The van der Waals surface area contributed by atoms with Crippen molar-refractivity contribution in [3.05, 3.63) is 33.4 Å². The molecule has 1 saturated heterocycles. The number of thiazole rings is 1. The van der Waals surface area contributed by atoms with Crippen LogP contribution in [0, 0.1) is 0 Å². The van der Waals surface area contributed by atoms with Gasteiger partial charge in [0, 0.05) is 38.8 Å². The van der Waals surface area contributed by atoms with E-state index in [1.54, 1.807) is 4.57 Å². The third-order valence-corrected chi connectivity index (χ3v) is 5.40. The zero-order valence-electron chi connectivity index (χ0n) is 12.6. The fraction of sp³-hybridized carbons (Fsp3) is 0.533. The van der Waals surface area contributed by atoms with Crippen LogP contribution in [0.3, 0.4) is 0 Å². The maximum atomic E-state index is 11.7. The fourth-order valence-electron chi connectivity index (χ4n) is 2.86. The van der Waals surface area contributed by atoms with Gasteiger partial charge in [-0.25, -0.2) is 0 Å². The van der Waals surface area contributed by atoms with Crippen molar-refractivity contribution in [3.8, 4) is 0 Å². The number of halogens is 1. The standard InChI is InChI=1S/C15H21N3OS.ClH/c1-10-11(2)18(7-6-16-10)9-12-4-5-13-14(8-12)20-15(19)17(13)3;/h4-5,8,10-11,16H,6-7,9H2,1-3H3;1H. The Morgan fingerprint density at radius 2 is 2.14 bits per heavy atom. The maximum absolute atomic E-state index is 11.7. The normalized spacial score (nSPS) is 23.2. The van der Waals surface area contributed by atoms with Crippen molar-refractivity contribution in [2.75, 3.05) is 13.1 Å². The first-order valence-electron chi connectivity index (χ1n) is 7.12. The largest absolute Gasteiger partial charge is 0.311 e. The van der Waals surface area contributed by atoms with E-state index in [2.05, 4.69) is 42.3 Å². The van der Waals surface area contributed by atoms with Crippen molar-refractivity contribution in [2.24, 2.45) is 7.05 Å². The number of aryl methyl sites for hydroxylation is 1. The van der Waals surface area contributed by atoms with Gasteiger partial charge in [0.05, 0.1) is 10.2 Å². The Hall–Kier alpha value is -0.880. The predicted molar refractivity (Wildman–Crippen MR) is 91.7 cm³/mol. The van der Waals surface area contributed by atoms with Crippen molar-refractivity contribution in [2.45, 2.75) is 32.5 Å². The molecule has 0 aliphatic carbocycles. The maximum Gasteiger partial charge on any atom is 0.307 e. The minimum Gasteiger partial charge on any atom is -0.311 e. The van der Waals surface area contributed by atoms with Gasteiger partial charge in [-0.05, 0) is 31.5 Å². The highest BCUT2D eigenvalue weighted by molar-refractivity contribution is 7.16. The molecule has 1 aliphatic rings. The summed E-state index contributed by atoms with van der Waals surface area (Å²) in [4.78, 5) is 14.3. The molecule has 3 rings (SSSR count). The molecule has 0 radical (unpaired) electrons. The summed E-state index contributed by atoms with van der Waals surface area (Å²) in [5.41, 5.74) is 2.32. The third-order valence-electron chi connectivity index (χ3n) is 4.41. The van der Waals surface area contributed by atoms with E-state index in [4.69, 9.17) is 0 Å². The van der Waals surface area contributed by atoms with Crippen LogP contribution in [0.15, 0.2) is 23.0 Å². The first-order valence-corrected chi connectivity index (χ1v) is 7.94. The molecular weight excluding hydrogens is 306 g/mol. The second kappa shape index (κ2) is 6.48. The highest BCUT2D eigenvalue weighted by Gasteiger charge is 2.24. The number of benzene rings is 1. The lowest BCUT2D eigenvalue weighted by Crippen LogP contribution is -2.54. The smallest absolute Gasteiger partial charge is 0.307 e. The van der Waals surface area contributed by atoms with Crippen LogP contribution in [-0.2, 0) is 13.6 Å². The Morgan fingerprint density at radius 1 is 1.38 bits per heavy atom. The molecule has 2 unspecified atom stereocenters. The Labute approximate surface area is 135 Å². The summed E-state index contributed by atoms with van der Waals surface area (Å²) in [6.45, 7) is 7.60. The highest BCUT2D eigenvalue weighted by atomic mass is 35.5. The molecule has 116 valence electrons.